The molecule has 4 heteroatoms. The van der Waals surface area contributed by atoms with E-state index in [1.54, 1.807) is 26.0 Å². The van der Waals surface area contributed by atoms with E-state index in [0.717, 1.165) is 0 Å². The highest BCUT2D eigenvalue weighted by Crippen LogP contribution is 2.27. The van der Waals surface area contributed by atoms with Gasteiger partial charge in [0, 0.05) is 19.4 Å². The molecule has 0 N–H and O–H groups in total. The zero-order chi connectivity index (χ0) is 12.5. The topological polar surface area (TPSA) is 30.4 Å². The van der Waals surface area contributed by atoms with Crippen LogP contribution in [0.15, 0.2) is 34.9 Å². The first kappa shape index (κ1) is 11.3. The van der Waals surface area contributed by atoms with E-state index in [-0.39, 0.29) is 5.82 Å². The van der Waals surface area contributed by atoms with Crippen molar-refractivity contribution in [3.63, 3.8) is 0 Å². The molecule has 0 spiro atoms. The predicted octanol–water partition coefficient (Wildman–Crippen LogP) is 3.64. The van der Waals surface area contributed by atoms with Gasteiger partial charge in [0.05, 0.1) is 0 Å². The Labute approximate surface area is 98.7 Å². The zero-order valence-electron chi connectivity index (χ0n) is 9.57. The molecule has 0 bridgehead atoms. The van der Waals surface area contributed by atoms with Crippen LogP contribution in [0.3, 0.4) is 0 Å². The van der Waals surface area contributed by atoms with E-state index in [1.165, 1.54) is 18.4 Å². The summed E-state index contributed by atoms with van der Waals surface area (Å²) in [7, 11) is 0. The first-order valence-corrected chi connectivity index (χ1v) is 5.13. The first-order valence-electron chi connectivity index (χ1n) is 5.13. The van der Waals surface area contributed by atoms with E-state index in [0.29, 0.717) is 17.1 Å². The highest BCUT2D eigenvalue weighted by Gasteiger charge is 2.30. The van der Waals surface area contributed by atoms with E-state index in [4.69, 9.17) is 11.0 Å². The van der Waals surface area contributed by atoms with E-state index in [2.05, 4.69) is 9.83 Å². The minimum absolute atomic E-state index is 0.304. The minimum Gasteiger partial charge on any atom is -0.444 e. The maximum atomic E-state index is 12.8. The monoisotopic (exact) mass is 230 g/mol. The van der Waals surface area contributed by atoms with Crippen molar-refractivity contribution in [3.05, 3.63) is 53.5 Å². The summed E-state index contributed by atoms with van der Waals surface area (Å²) in [5.74, 6) is 0.0961. The van der Waals surface area contributed by atoms with Crippen molar-refractivity contribution in [2.24, 2.45) is 0 Å². The molecular weight excluding hydrogens is 219 g/mol. The molecule has 0 radical (unpaired) electrons. The van der Waals surface area contributed by atoms with Crippen molar-refractivity contribution < 1.29 is 8.81 Å². The second-order valence-corrected chi connectivity index (χ2v) is 4.22. The summed E-state index contributed by atoms with van der Waals surface area (Å²) >= 11 is 0. The molecule has 0 aliphatic carbocycles. The Morgan fingerprint density at radius 2 is 1.94 bits per heavy atom. The largest absolute Gasteiger partial charge is 0.444 e. The Hall–Kier alpha value is -2.15. The van der Waals surface area contributed by atoms with Crippen LogP contribution in [0, 0.1) is 12.4 Å². The smallest absolute Gasteiger partial charge is 0.271 e. The summed E-state index contributed by atoms with van der Waals surface area (Å²) in [6, 6.07) is 5.88. The fourth-order valence-corrected chi connectivity index (χ4v) is 1.34. The number of hydrogen-bond acceptors (Lipinski definition) is 2. The SMILES string of the molecule is [C-]#[N+]C(C)(C)c1coc(-c2ccc(F)cc2)n1. The number of halogens is 1. The first-order chi connectivity index (χ1) is 8.03. The van der Waals surface area contributed by atoms with Gasteiger partial charge in [0.1, 0.15) is 12.1 Å². The van der Waals surface area contributed by atoms with Gasteiger partial charge in [-0.15, -0.1) is 0 Å². The Bertz CT molecular complexity index is 564. The van der Waals surface area contributed by atoms with Gasteiger partial charge in [0.2, 0.25) is 5.89 Å². The van der Waals surface area contributed by atoms with Gasteiger partial charge in [-0.2, -0.15) is 0 Å². The molecule has 0 saturated carbocycles. The molecule has 0 aliphatic rings. The molecule has 17 heavy (non-hydrogen) atoms. The molecule has 0 fully saturated rings. The highest BCUT2D eigenvalue weighted by atomic mass is 19.1. The fraction of sp³-hybridized carbons (Fsp3) is 0.231. The molecule has 0 aliphatic heterocycles. The Kier molecular flexibility index (Phi) is 2.68. The third-order valence-corrected chi connectivity index (χ3v) is 2.50. The van der Waals surface area contributed by atoms with E-state index in [1.807, 2.05) is 0 Å². The summed E-state index contributed by atoms with van der Waals surface area (Å²) < 4.78 is 18.1. The lowest BCUT2D eigenvalue weighted by atomic mass is 10.0. The maximum absolute atomic E-state index is 12.8. The summed E-state index contributed by atoms with van der Waals surface area (Å²) in [5.41, 5.74) is 0.562. The molecule has 0 atom stereocenters. The second kappa shape index (κ2) is 4.02. The van der Waals surface area contributed by atoms with Crippen LogP contribution < -0.4 is 0 Å². The summed E-state index contributed by atoms with van der Waals surface area (Å²) in [5, 5.41) is 0. The Balaban J connectivity index is 2.37. The molecule has 2 aromatic rings. The van der Waals surface area contributed by atoms with Gasteiger partial charge in [-0.05, 0) is 24.3 Å². The van der Waals surface area contributed by atoms with Crippen molar-refractivity contribution in [2.45, 2.75) is 19.4 Å². The summed E-state index contributed by atoms with van der Waals surface area (Å²) in [4.78, 5) is 7.73. The lowest BCUT2D eigenvalue weighted by Gasteiger charge is -2.04. The Morgan fingerprint density at radius 1 is 1.29 bits per heavy atom. The van der Waals surface area contributed by atoms with Crippen LogP contribution in [-0.4, -0.2) is 4.98 Å². The van der Waals surface area contributed by atoms with Crippen LogP contribution in [0.5, 0.6) is 0 Å². The molecular formula is C13H11FN2O. The quantitative estimate of drug-likeness (QED) is 0.737. The van der Waals surface area contributed by atoms with Gasteiger partial charge >= 0.3 is 0 Å². The van der Waals surface area contributed by atoms with Gasteiger partial charge in [0.15, 0.2) is 5.69 Å². The van der Waals surface area contributed by atoms with Crippen molar-refractivity contribution in [3.8, 4) is 11.5 Å². The van der Waals surface area contributed by atoms with Crippen molar-refractivity contribution >= 4 is 0 Å². The number of nitrogens with zero attached hydrogens (tertiary/aromatic N) is 2. The number of rotatable bonds is 2. The van der Waals surface area contributed by atoms with E-state index >= 15 is 0 Å². The molecule has 0 saturated heterocycles. The van der Waals surface area contributed by atoms with Crippen LogP contribution in [-0.2, 0) is 5.54 Å². The number of benzene rings is 1. The minimum atomic E-state index is -0.707. The standard InChI is InChI=1S/C13H11FN2O/c1-13(2,15-3)11-8-17-12(16-11)9-4-6-10(14)7-5-9/h4-8H,1-2H3. The molecule has 86 valence electrons. The highest BCUT2D eigenvalue weighted by molar-refractivity contribution is 5.53. The van der Waals surface area contributed by atoms with E-state index in [9.17, 15) is 4.39 Å². The van der Waals surface area contributed by atoms with Crippen LogP contribution >= 0.6 is 0 Å². The molecule has 1 aromatic heterocycles. The molecule has 2 rings (SSSR count). The normalized spacial score (nSPS) is 11.2. The average molecular weight is 230 g/mol. The van der Waals surface area contributed by atoms with Gasteiger partial charge in [-0.25, -0.2) is 15.9 Å². The van der Waals surface area contributed by atoms with Crippen molar-refractivity contribution in [1.29, 1.82) is 0 Å². The lowest BCUT2D eigenvalue weighted by Crippen LogP contribution is -2.11. The third-order valence-electron chi connectivity index (χ3n) is 2.50. The number of hydrogen-bond donors (Lipinski definition) is 0. The van der Waals surface area contributed by atoms with Crippen LogP contribution in [0.1, 0.15) is 19.5 Å². The maximum Gasteiger partial charge on any atom is 0.271 e. The number of aromatic nitrogens is 1. The fourth-order valence-electron chi connectivity index (χ4n) is 1.34. The molecule has 1 heterocycles. The van der Waals surface area contributed by atoms with Crippen LogP contribution in [0.2, 0.25) is 0 Å². The van der Waals surface area contributed by atoms with Crippen molar-refractivity contribution in [2.75, 3.05) is 0 Å². The summed E-state index contributed by atoms with van der Waals surface area (Å²) in [6.45, 7) is 10.6. The van der Waals surface area contributed by atoms with Crippen LogP contribution in [0.4, 0.5) is 4.39 Å². The average Bonchev–Trinajstić information content (AvgIpc) is 2.80. The van der Waals surface area contributed by atoms with Gasteiger partial charge in [-0.1, -0.05) is 0 Å². The second-order valence-electron chi connectivity index (χ2n) is 4.22. The molecule has 0 unspecified atom stereocenters. The molecule has 0 amide bonds. The lowest BCUT2D eigenvalue weighted by molar-refractivity contribution is 0.562. The summed E-state index contributed by atoms with van der Waals surface area (Å²) in [6.07, 6.45) is 1.47. The molecule has 1 aromatic carbocycles. The third kappa shape index (κ3) is 2.18. The number of oxazole rings is 1. The van der Waals surface area contributed by atoms with Crippen LogP contribution in [0.25, 0.3) is 16.3 Å². The van der Waals surface area contributed by atoms with Gasteiger partial charge < -0.3 is 9.26 Å². The zero-order valence-corrected chi connectivity index (χ0v) is 9.57. The van der Waals surface area contributed by atoms with Gasteiger partial charge in [0.25, 0.3) is 5.54 Å². The molecule has 3 nitrogen and oxygen atoms in total. The van der Waals surface area contributed by atoms with Crippen molar-refractivity contribution in [1.82, 2.24) is 4.98 Å². The van der Waals surface area contributed by atoms with Gasteiger partial charge in [-0.3, -0.25) is 0 Å². The Morgan fingerprint density at radius 3 is 2.53 bits per heavy atom. The predicted molar refractivity (Wildman–Crippen MR) is 61.5 cm³/mol. The van der Waals surface area contributed by atoms with E-state index < -0.39 is 5.54 Å².